The number of fused-ring (bicyclic) bond motifs is 1. The Morgan fingerprint density at radius 2 is 1.70 bits per heavy atom. The molecule has 0 radical (unpaired) electrons. The van der Waals surface area contributed by atoms with E-state index in [0.717, 1.165) is 0 Å². The number of allylic oxidation sites excluding steroid dienone is 1. The van der Waals surface area contributed by atoms with E-state index in [9.17, 15) is 14.4 Å². The van der Waals surface area contributed by atoms with Gasteiger partial charge in [0.1, 0.15) is 11.7 Å². The topological polar surface area (TPSA) is 69.7 Å². The highest BCUT2D eigenvalue weighted by molar-refractivity contribution is 6.41. The van der Waals surface area contributed by atoms with Crippen LogP contribution in [0.2, 0.25) is 0 Å². The molecule has 0 fully saturated rings. The molecule has 0 spiro atoms. The van der Waals surface area contributed by atoms with Crippen molar-refractivity contribution in [2.75, 3.05) is 20.1 Å². The largest absolute Gasteiger partial charge is 0.495 e. The zero-order valence-corrected chi connectivity index (χ0v) is 15.6. The summed E-state index contributed by atoms with van der Waals surface area (Å²) < 4.78 is 10.3. The van der Waals surface area contributed by atoms with E-state index < -0.39 is 23.5 Å². The highest BCUT2D eigenvalue weighted by atomic mass is 35.5. The average molecular weight is 385 g/mol. The van der Waals surface area contributed by atoms with E-state index >= 15 is 0 Å². The van der Waals surface area contributed by atoms with Gasteiger partial charge in [-0.25, -0.2) is 4.79 Å². The molecule has 3 rings (SSSR count). The first-order valence-electron chi connectivity index (χ1n) is 8.22. The number of ketones is 2. The molecule has 0 heterocycles. The number of hydrogen-bond acceptors (Lipinski definition) is 5. The smallest absolute Gasteiger partial charge is 0.337 e. The Bertz CT molecular complexity index is 946. The number of alkyl halides is 1. The van der Waals surface area contributed by atoms with Crippen molar-refractivity contribution in [1.29, 1.82) is 0 Å². The third-order valence-electron chi connectivity index (χ3n) is 4.48. The van der Waals surface area contributed by atoms with Gasteiger partial charge in [0.05, 0.1) is 31.2 Å². The van der Waals surface area contributed by atoms with Crippen molar-refractivity contribution in [3.05, 3.63) is 70.8 Å². The summed E-state index contributed by atoms with van der Waals surface area (Å²) in [5.41, 5.74) is 2.27. The number of halogens is 1. The van der Waals surface area contributed by atoms with Crippen molar-refractivity contribution in [1.82, 2.24) is 0 Å². The van der Waals surface area contributed by atoms with Crippen molar-refractivity contribution < 1.29 is 23.9 Å². The molecule has 6 heteroatoms. The summed E-state index contributed by atoms with van der Waals surface area (Å²) in [6, 6.07) is 13.9. The molecule has 0 saturated carbocycles. The van der Waals surface area contributed by atoms with Crippen LogP contribution >= 0.6 is 11.6 Å². The lowest BCUT2D eigenvalue weighted by Crippen LogP contribution is -2.19. The Kier molecular flexibility index (Phi) is 5.42. The number of methoxy groups -OCH3 is 2. The standard InChI is InChI=1S/C21H17ClO5/c1-26-20(12-6-4-3-5-7-12)18-14-9-8-13(21(25)27-2)10-15(14)17(19(18)24)16(23)11-22/h3-10,17H,11H2,1-2H3/b20-18+. The van der Waals surface area contributed by atoms with Gasteiger partial charge in [-0.05, 0) is 23.3 Å². The molecular weight excluding hydrogens is 368 g/mol. The minimum Gasteiger partial charge on any atom is -0.495 e. The first-order chi connectivity index (χ1) is 13.0. The van der Waals surface area contributed by atoms with Crippen LogP contribution < -0.4 is 0 Å². The lowest BCUT2D eigenvalue weighted by Gasteiger charge is -2.11. The molecule has 5 nitrogen and oxygen atoms in total. The molecule has 0 N–H and O–H groups in total. The second-order valence-electron chi connectivity index (χ2n) is 5.97. The molecular formula is C21H17ClO5. The second-order valence-corrected chi connectivity index (χ2v) is 6.23. The molecule has 1 aliphatic carbocycles. The van der Waals surface area contributed by atoms with Crippen molar-refractivity contribution in [2.45, 2.75) is 5.92 Å². The average Bonchev–Trinajstić information content (AvgIpc) is 2.99. The second kappa shape index (κ2) is 7.76. The zero-order valence-electron chi connectivity index (χ0n) is 14.8. The molecule has 0 aromatic heterocycles. The fraction of sp³-hybridized carbons (Fsp3) is 0.190. The molecule has 1 atom stereocenters. The van der Waals surface area contributed by atoms with Crippen LogP contribution in [0.1, 0.15) is 33.0 Å². The molecule has 138 valence electrons. The van der Waals surface area contributed by atoms with Crippen LogP contribution in [-0.4, -0.2) is 37.6 Å². The van der Waals surface area contributed by atoms with Gasteiger partial charge in [0, 0.05) is 5.56 Å². The lowest BCUT2D eigenvalue weighted by atomic mass is 9.95. The van der Waals surface area contributed by atoms with E-state index in [1.807, 2.05) is 30.3 Å². The summed E-state index contributed by atoms with van der Waals surface area (Å²) in [5, 5.41) is 0. The molecule has 27 heavy (non-hydrogen) atoms. The van der Waals surface area contributed by atoms with Crippen LogP contribution in [-0.2, 0) is 19.1 Å². The highest BCUT2D eigenvalue weighted by Gasteiger charge is 2.42. The van der Waals surface area contributed by atoms with Crippen LogP contribution in [0.25, 0.3) is 11.3 Å². The Labute approximate surface area is 161 Å². The summed E-state index contributed by atoms with van der Waals surface area (Å²) in [4.78, 5) is 37.4. The molecule has 0 aliphatic heterocycles. The van der Waals surface area contributed by atoms with E-state index in [1.165, 1.54) is 20.3 Å². The number of Topliss-reactive ketones (excluding diaryl/α,β-unsaturated/α-hetero) is 2. The molecule has 0 amide bonds. The quantitative estimate of drug-likeness (QED) is 0.259. The maximum absolute atomic E-state index is 13.2. The molecule has 1 aliphatic rings. The molecule has 1 unspecified atom stereocenters. The number of rotatable bonds is 5. The monoisotopic (exact) mass is 384 g/mol. The number of carbonyl (C=O) groups is 3. The van der Waals surface area contributed by atoms with Gasteiger partial charge >= 0.3 is 5.97 Å². The van der Waals surface area contributed by atoms with Gasteiger partial charge in [-0.1, -0.05) is 36.4 Å². The Morgan fingerprint density at radius 3 is 2.30 bits per heavy atom. The summed E-state index contributed by atoms with van der Waals surface area (Å²) in [6.07, 6.45) is 0. The zero-order chi connectivity index (χ0) is 19.6. The summed E-state index contributed by atoms with van der Waals surface area (Å²) >= 11 is 5.73. The fourth-order valence-electron chi connectivity index (χ4n) is 3.28. The van der Waals surface area contributed by atoms with Gasteiger partial charge in [-0.2, -0.15) is 0 Å². The Morgan fingerprint density at radius 1 is 1.00 bits per heavy atom. The van der Waals surface area contributed by atoms with Crippen molar-refractivity contribution in [3.8, 4) is 0 Å². The first-order valence-corrected chi connectivity index (χ1v) is 8.76. The highest BCUT2D eigenvalue weighted by Crippen LogP contribution is 2.43. The summed E-state index contributed by atoms with van der Waals surface area (Å²) in [7, 11) is 2.74. The van der Waals surface area contributed by atoms with Crippen LogP contribution in [0.15, 0.2) is 48.5 Å². The van der Waals surface area contributed by atoms with Crippen LogP contribution in [0, 0.1) is 0 Å². The number of ether oxygens (including phenoxy) is 2. The number of carbonyl (C=O) groups excluding carboxylic acids is 3. The van der Waals surface area contributed by atoms with Gasteiger partial charge in [-0.3, -0.25) is 9.59 Å². The third-order valence-corrected chi connectivity index (χ3v) is 4.75. The summed E-state index contributed by atoms with van der Waals surface area (Å²) in [5.74, 6) is -2.36. The molecule has 0 bridgehead atoms. The van der Waals surface area contributed by atoms with E-state index in [-0.39, 0.29) is 11.4 Å². The summed E-state index contributed by atoms with van der Waals surface area (Å²) in [6.45, 7) is 0. The van der Waals surface area contributed by atoms with E-state index in [2.05, 4.69) is 0 Å². The normalized spacial score (nSPS) is 17.3. The van der Waals surface area contributed by atoms with Gasteiger partial charge in [0.25, 0.3) is 0 Å². The maximum Gasteiger partial charge on any atom is 0.337 e. The van der Waals surface area contributed by atoms with Gasteiger partial charge in [0.2, 0.25) is 0 Å². The predicted molar refractivity (Wildman–Crippen MR) is 102 cm³/mol. The molecule has 2 aromatic rings. The lowest BCUT2D eigenvalue weighted by molar-refractivity contribution is -0.124. The van der Waals surface area contributed by atoms with E-state index in [1.54, 1.807) is 12.1 Å². The number of hydrogen-bond donors (Lipinski definition) is 0. The Hall–Kier alpha value is -2.92. The van der Waals surface area contributed by atoms with Crippen molar-refractivity contribution in [2.24, 2.45) is 0 Å². The Balaban J connectivity index is 2.27. The van der Waals surface area contributed by atoms with Crippen LogP contribution in [0.5, 0.6) is 0 Å². The number of benzene rings is 2. The first kappa shape index (κ1) is 18.9. The fourth-order valence-corrected chi connectivity index (χ4v) is 3.43. The molecule has 0 saturated heterocycles. The van der Waals surface area contributed by atoms with Crippen LogP contribution in [0.4, 0.5) is 0 Å². The van der Waals surface area contributed by atoms with Crippen molar-refractivity contribution in [3.63, 3.8) is 0 Å². The van der Waals surface area contributed by atoms with Gasteiger partial charge < -0.3 is 9.47 Å². The third kappa shape index (κ3) is 3.26. The predicted octanol–water partition coefficient (Wildman–Crippen LogP) is 3.46. The van der Waals surface area contributed by atoms with Crippen molar-refractivity contribution >= 4 is 40.5 Å². The molecule has 2 aromatic carbocycles. The number of esters is 1. The van der Waals surface area contributed by atoms with E-state index in [0.29, 0.717) is 28.0 Å². The minimum atomic E-state index is -1.06. The minimum absolute atomic E-state index is 0.261. The maximum atomic E-state index is 13.2. The van der Waals surface area contributed by atoms with Gasteiger partial charge in [0.15, 0.2) is 11.6 Å². The van der Waals surface area contributed by atoms with Crippen LogP contribution in [0.3, 0.4) is 0 Å². The SMILES string of the molecule is COC(=O)c1ccc2c(c1)C(C(=O)CCl)C(=O)/C2=C(/OC)c1ccccc1. The van der Waals surface area contributed by atoms with Gasteiger partial charge in [-0.15, -0.1) is 11.6 Å². The van der Waals surface area contributed by atoms with E-state index in [4.69, 9.17) is 21.1 Å².